The summed E-state index contributed by atoms with van der Waals surface area (Å²) in [5.74, 6) is 0.861. The first kappa shape index (κ1) is 15.8. The summed E-state index contributed by atoms with van der Waals surface area (Å²) in [4.78, 5) is 11.7. The van der Waals surface area contributed by atoms with Crippen molar-refractivity contribution in [1.29, 1.82) is 0 Å². The van der Waals surface area contributed by atoms with E-state index in [-0.39, 0.29) is 4.69 Å². The molecule has 0 bridgehead atoms. The van der Waals surface area contributed by atoms with Crippen LogP contribution in [0.1, 0.15) is 39.5 Å². The molecule has 0 aliphatic rings. The molecule has 0 amide bonds. The minimum absolute atomic E-state index is 0.1000. The Morgan fingerprint density at radius 2 is 1.95 bits per heavy atom. The largest absolute Gasteiger partial charge is 0.489 e. The van der Waals surface area contributed by atoms with Gasteiger partial charge in [-0.1, -0.05) is 42.8 Å². The topological polar surface area (TPSA) is 26.3 Å². The Morgan fingerprint density at radius 1 is 1.19 bits per heavy atom. The lowest BCUT2D eigenvalue weighted by atomic mass is 10.0. The second kappa shape index (κ2) is 6.90. The van der Waals surface area contributed by atoms with Crippen LogP contribution in [-0.2, 0) is 13.0 Å². The van der Waals surface area contributed by atoms with Gasteiger partial charge >= 0.3 is 0 Å². The van der Waals surface area contributed by atoms with Crippen molar-refractivity contribution in [2.45, 2.75) is 33.8 Å². The molecule has 0 saturated carbocycles. The van der Waals surface area contributed by atoms with E-state index in [1.165, 1.54) is 5.56 Å². The average Bonchev–Trinajstić information content (AvgIpc) is 2.45. The van der Waals surface area contributed by atoms with E-state index in [0.717, 1.165) is 28.9 Å². The molecule has 0 aliphatic carbocycles. The van der Waals surface area contributed by atoms with Crippen molar-refractivity contribution in [2.24, 2.45) is 0 Å². The van der Waals surface area contributed by atoms with Gasteiger partial charge < -0.3 is 4.74 Å². The number of hydrogen-bond acceptors (Lipinski definition) is 2. The van der Waals surface area contributed by atoms with Crippen molar-refractivity contribution in [1.82, 2.24) is 0 Å². The van der Waals surface area contributed by atoms with Gasteiger partial charge in [-0.25, -0.2) is 0 Å². The molecule has 0 fully saturated rings. The van der Waals surface area contributed by atoms with Crippen molar-refractivity contribution < 1.29 is 9.53 Å². The summed E-state index contributed by atoms with van der Waals surface area (Å²) >= 11 is 3.05. The van der Waals surface area contributed by atoms with Gasteiger partial charge in [-0.2, -0.15) is 0 Å². The maximum absolute atomic E-state index is 11.7. The number of halogens is 1. The van der Waals surface area contributed by atoms with Crippen molar-refractivity contribution in [3.63, 3.8) is 0 Å². The van der Waals surface area contributed by atoms with Gasteiger partial charge in [0.1, 0.15) is 12.4 Å². The molecule has 0 unspecified atom stereocenters. The minimum Gasteiger partial charge on any atom is -0.489 e. The molecule has 3 heteroatoms. The number of carbonyl (C=O) groups is 1. The highest BCUT2D eigenvalue weighted by atomic mass is 79.9. The third-order valence-electron chi connectivity index (χ3n) is 3.57. The molecule has 2 aromatic carbocycles. The smallest absolute Gasteiger partial charge is 0.228 e. The van der Waals surface area contributed by atoms with E-state index in [2.05, 4.69) is 35.8 Å². The molecule has 2 aromatic rings. The second-order valence-electron chi connectivity index (χ2n) is 5.13. The molecular formula is C18H19BrO2. The molecule has 0 saturated heterocycles. The molecular weight excluding hydrogens is 328 g/mol. The molecule has 2 nitrogen and oxygen atoms in total. The minimum atomic E-state index is -0.1000. The van der Waals surface area contributed by atoms with Crippen molar-refractivity contribution in [2.75, 3.05) is 0 Å². The number of carbonyl (C=O) groups excluding carboxylic acids is 1. The molecule has 0 spiro atoms. The predicted octanol–water partition coefficient (Wildman–Crippen LogP) is 4.98. The summed E-state index contributed by atoms with van der Waals surface area (Å²) in [6.45, 7) is 6.58. The van der Waals surface area contributed by atoms with Crippen molar-refractivity contribution >= 4 is 20.6 Å². The normalized spacial score (nSPS) is 10.5. The monoisotopic (exact) mass is 346 g/mol. The lowest BCUT2D eigenvalue weighted by Gasteiger charge is -2.14. The van der Waals surface area contributed by atoms with Gasteiger partial charge in [0.2, 0.25) is 4.69 Å². The molecule has 21 heavy (non-hydrogen) atoms. The average molecular weight is 347 g/mol. The number of hydrogen-bond donors (Lipinski definition) is 0. The van der Waals surface area contributed by atoms with Gasteiger partial charge in [-0.15, -0.1) is 0 Å². The standard InChI is InChI=1S/C18H19BrO2/c1-4-14-6-5-7-15(18(19)20)16(14)11-21-17-9-8-12(2)10-13(17)3/h5-10H,4,11H2,1-3H3. The molecule has 0 atom stereocenters. The van der Waals surface area contributed by atoms with Crippen LogP contribution in [0.25, 0.3) is 0 Å². The van der Waals surface area contributed by atoms with Crippen LogP contribution in [0.15, 0.2) is 36.4 Å². The van der Waals surface area contributed by atoms with E-state index < -0.39 is 0 Å². The van der Waals surface area contributed by atoms with E-state index in [9.17, 15) is 4.79 Å². The second-order valence-corrected chi connectivity index (χ2v) is 5.85. The Kier molecular flexibility index (Phi) is 5.18. The first-order chi connectivity index (χ1) is 10.0. The molecule has 0 aliphatic heterocycles. The number of benzene rings is 2. The summed E-state index contributed by atoms with van der Waals surface area (Å²) in [7, 11) is 0. The fourth-order valence-corrected chi connectivity index (χ4v) is 2.80. The molecule has 0 N–H and O–H groups in total. The van der Waals surface area contributed by atoms with E-state index in [0.29, 0.717) is 12.2 Å². The van der Waals surface area contributed by atoms with Crippen LogP contribution in [0, 0.1) is 13.8 Å². The number of ether oxygens (including phenoxy) is 1. The van der Waals surface area contributed by atoms with Crippen LogP contribution in [0.2, 0.25) is 0 Å². The quantitative estimate of drug-likeness (QED) is 0.713. The SMILES string of the molecule is CCc1cccc(C(=O)Br)c1COc1ccc(C)cc1C. The van der Waals surface area contributed by atoms with E-state index >= 15 is 0 Å². The fourth-order valence-electron chi connectivity index (χ4n) is 2.43. The highest BCUT2D eigenvalue weighted by Gasteiger charge is 2.13. The van der Waals surface area contributed by atoms with Crippen LogP contribution in [-0.4, -0.2) is 4.69 Å². The Labute approximate surface area is 134 Å². The number of rotatable bonds is 5. The van der Waals surface area contributed by atoms with Crippen LogP contribution in [0.4, 0.5) is 0 Å². The lowest BCUT2D eigenvalue weighted by Crippen LogP contribution is -2.06. The third kappa shape index (κ3) is 3.73. The Morgan fingerprint density at radius 3 is 2.57 bits per heavy atom. The van der Waals surface area contributed by atoms with Gasteiger partial charge in [0, 0.05) is 11.1 Å². The zero-order valence-corrected chi connectivity index (χ0v) is 14.2. The van der Waals surface area contributed by atoms with Gasteiger partial charge in [-0.3, -0.25) is 4.79 Å². The predicted molar refractivity (Wildman–Crippen MR) is 89.3 cm³/mol. The summed E-state index contributed by atoms with van der Waals surface area (Å²) < 4.78 is 5.84. The summed E-state index contributed by atoms with van der Waals surface area (Å²) in [6.07, 6.45) is 0.875. The first-order valence-electron chi connectivity index (χ1n) is 7.03. The van der Waals surface area contributed by atoms with E-state index in [4.69, 9.17) is 4.74 Å². The van der Waals surface area contributed by atoms with Crippen LogP contribution < -0.4 is 4.74 Å². The first-order valence-corrected chi connectivity index (χ1v) is 7.83. The van der Waals surface area contributed by atoms with Gasteiger partial charge in [-0.05, 0) is 53.4 Å². The van der Waals surface area contributed by atoms with Gasteiger partial charge in [0.25, 0.3) is 0 Å². The maximum Gasteiger partial charge on any atom is 0.228 e. The zero-order chi connectivity index (χ0) is 15.4. The zero-order valence-electron chi connectivity index (χ0n) is 12.6. The maximum atomic E-state index is 11.7. The summed E-state index contributed by atoms with van der Waals surface area (Å²) in [5, 5.41) is 0. The van der Waals surface area contributed by atoms with E-state index in [1.54, 1.807) is 0 Å². The fraction of sp³-hybridized carbons (Fsp3) is 0.278. The lowest BCUT2D eigenvalue weighted by molar-refractivity contribution is 0.109. The third-order valence-corrected chi connectivity index (χ3v) is 4.00. The number of aryl methyl sites for hydroxylation is 3. The Hall–Kier alpha value is -1.61. The molecule has 0 aromatic heterocycles. The van der Waals surface area contributed by atoms with Crippen LogP contribution in [0.5, 0.6) is 5.75 Å². The summed E-state index contributed by atoms with van der Waals surface area (Å²) in [5.41, 5.74) is 5.10. The van der Waals surface area contributed by atoms with Crippen molar-refractivity contribution in [3.8, 4) is 5.75 Å². The molecule has 0 radical (unpaired) electrons. The molecule has 110 valence electrons. The highest BCUT2D eigenvalue weighted by Crippen LogP contribution is 2.24. The molecule has 2 rings (SSSR count). The molecule has 0 heterocycles. The van der Waals surface area contributed by atoms with Crippen molar-refractivity contribution in [3.05, 3.63) is 64.2 Å². The van der Waals surface area contributed by atoms with Gasteiger partial charge in [0.15, 0.2) is 0 Å². The Bertz CT molecular complexity index is 662. The van der Waals surface area contributed by atoms with Crippen LogP contribution >= 0.6 is 15.9 Å². The summed E-state index contributed by atoms with van der Waals surface area (Å²) in [6, 6.07) is 11.9. The van der Waals surface area contributed by atoms with Crippen LogP contribution in [0.3, 0.4) is 0 Å². The van der Waals surface area contributed by atoms with E-state index in [1.807, 2.05) is 37.3 Å². The highest BCUT2D eigenvalue weighted by molar-refractivity contribution is 9.18. The van der Waals surface area contributed by atoms with Gasteiger partial charge in [0.05, 0.1) is 0 Å². The Balaban J connectivity index is 2.28.